The molecule has 0 aliphatic heterocycles. The molecule has 2 rings (SSSR count). The number of rotatable bonds is 5. The molecule has 0 fully saturated rings. The van der Waals surface area contributed by atoms with E-state index in [0.29, 0.717) is 22.7 Å². The molecule has 2 aromatic rings. The number of benzene rings is 2. The van der Waals surface area contributed by atoms with Crippen LogP contribution in [0, 0.1) is 11.3 Å². The molecule has 6 heteroatoms. The van der Waals surface area contributed by atoms with Gasteiger partial charge in [-0.3, -0.25) is 4.79 Å². The summed E-state index contributed by atoms with van der Waals surface area (Å²) in [4.78, 5) is 12.5. The van der Waals surface area contributed by atoms with Crippen molar-refractivity contribution in [3.63, 3.8) is 0 Å². The summed E-state index contributed by atoms with van der Waals surface area (Å²) in [5.41, 5.74) is 1.26. The maximum atomic E-state index is 12.5. The number of hydrogen-bond donors (Lipinski definition) is 1. The number of carbonyl (C=O) groups is 1. The van der Waals surface area contributed by atoms with E-state index < -0.39 is 5.41 Å². The summed E-state index contributed by atoms with van der Waals surface area (Å²) in [5.74, 6) is 0.435. The number of nitrogens with zero attached hydrogens (tertiary/aromatic N) is 1. The molecule has 2 aromatic carbocycles. The molecule has 1 N–H and O–H groups in total. The number of ether oxygens (including phenoxy) is 2. The quantitative estimate of drug-likeness (QED) is 0.859. The van der Waals surface area contributed by atoms with Crippen LogP contribution in [0.4, 0.5) is 5.69 Å². The van der Waals surface area contributed by atoms with Gasteiger partial charge >= 0.3 is 0 Å². The van der Waals surface area contributed by atoms with Gasteiger partial charge in [0.05, 0.1) is 30.7 Å². The molecule has 0 atom stereocenters. The van der Waals surface area contributed by atoms with Crippen LogP contribution in [0.25, 0.3) is 0 Å². The molecule has 0 saturated carbocycles. The van der Waals surface area contributed by atoms with Crippen molar-refractivity contribution in [3.05, 3.63) is 52.5 Å². The fourth-order valence-corrected chi connectivity index (χ4v) is 2.57. The number of carbonyl (C=O) groups excluding carboxylic acids is 1. The van der Waals surface area contributed by atoms with Crippen molar-refractivity contribution in [1.29, 1.82) is 5.26 Å². The highest BCUT2D eigenvalue weighted by Gasteiger charge is 2.20. The lowest BCUT2D eigenvalue weighted by Crippen LogP contribution is -2.15. The topological polar surface area (TPSA) is 71.3 Å². The van der Waals surface area contributed by atoms with Gasteiger partial charge < -0.3 is 14.8 Å². The van der Waals surface area contributed by atoms with E-state index in [9.17, 15) is 10.1 Å². The summed E-state index contributed by atoms with van der Waals surface area (Å²) in [6.45, 7) is 3.68. The first-order valence-electron chi connectivity index (χ1n) is 7.57. The van der Waals surface area contributed by atoms with Gasteiger partial charge in [-0.1, -0.05) is 23.7 Å². The first kappa shape index (κ1) is 18.6. The molecule has 0 aromatic heterocycles. The van der Waals surface area contributed by atoms with Gasteiger partial charge in [0.2, 0.25) is 0 Å². The number of nitriles is 1. The average molecular weight is 359 g/mol. The minimum Gasteiger partial charge on any atom is -0.493 e. The third-order valence-electron chi connectivity index (χ3n) is 3.84. The molecule has 130 valence electrons. The molecule has 0 aliphatic carbocycles. The van der Waals surface area contributed by atoms with Crippen LogP contribution in [-0.2, 0) is 5.41 Å². The zero-order chi connectivity index (χ0) is 18.6. The molecule has 0 aliphatic rings. The van der Waals surface area contributed by atoms with Crippen molar-refractivity contribution < 1.29 is 14.3 Å². The van der Waals surface area contributed by atoms with Gasteiger partial charge in [0, 0.05) is 11.3 Å². The SMILES string of the molecule is COc1cc(C(=O)Nc2ccc(C(C)(C)C#N)cc2)cc(Cl)c1OC. The smallest absolute Gasteiger partial charge is 0.255 e. The van der Waals surface area contributed by atoms with Crippen LogP contribution in [0.3, 0.4) is 0 Å². The van der Waals surface area contributed by atoms with Crippen LogP contribution >= 0.6 is 11.6 Å². The van der Waals surface area contributed by atoms with Crippen molar-refractivity contribution in [2.45, 2.75) is 19.3 Å². The standard InChI is InChI=1S/C19H19ClN2O3/c1-19(2,11-21)13-5-7-14(8-6-13)22-18(23)12-9-15(20)17(25-4)16(10-12)24-3/h5-10H,1-4H3,(H,22,23). The van der Waals surface area contributed by atoms with Crippen LogP contribution in [-0.4, -0.2) is 20.1 Å². The van der Waals surface area contributed by atoms with E-state index in [4.69, 9.17) is 21.1 Å². The first-order valence-corrected chi connectivity index (χ1v) is 7.95. The van der Waals surface area contributed by atoms with Gasteiger partial charge in [0.1, 0.15) is 0 Å². The van der Waals surface area contributed by atoms with E-state index in [0.717, 1.165) is 5.56 Å². The van der Waals surface area contributed by atoms with Crippen molar-refractivity contribution >= 4 is 23.2 Å². The molecule has 0 heterocycles. The second-order valence-corrected chi connectivity index (χ2v) is 6.37. The van der Waals surface area contributed by atoms with E-state index >= 15 is 0 Å². The Balaban J connectivity index is 2.23. The number of amides is 1. The van der Waals surface area contributed by atoms with Crippen molar-refractivity contribution in [2.75, 3.05) is 19.5 Å². The Morgan fingerprint density at radius 2 is 1.80 bits per heavy atom. The Morgan fingerprint density at radius 1 is 1.16 bits per heavy atom. The van der Waals surface area contributed by atoms with Crippen LogP contribution in [0.1, 0.15) is 29.8 Å². The Morgan fingerprint density at radius 3 is 2.32 bits per heavy atom. The fourth-order valence-electron chi connectivity index (χ4n) is 2.29. The molecule has 25 heavy (non-hydrogen) atoms. The third kappa shape index (κ3) is 4.04. The van der Waals surface area contributed by atoms with E-state index in [1.54, 1.807) is 18.2 Å². The zero-order valence-electron chi connectivity index (χ0n) is 14.5. The van der Waals surface area contributed by atoms with Crippen molar-refractivity contribution in [1.82, 2.24) is 0 Å². The van der Waals surface area contributed by atoms with E-state index in [1.807, 2.05) is 26.0 Å². The molecule has 0 unspecified atom stereocenters. The maximum absolute atomic E-state index is 12.5. The summed E-state index contributed by atoms with van der Waals surface area (Å²) >= 11 is 6.13. The molecule has 1 amide bonds. The highest BCUT2D eigenvalue weighted by atomic mass is 35.5. The van der Waals surface area contributed by atoms with Gasteiger partial charge in [-0.2, -0.15) is 5.26 Å². The highest BCUT2D eigenvalue weighted by Crippen LogP contribution is 2.36. The van der Waals surface area contributed by atoms with Gasteiger partial charge in [-0.05, 0) is 43.7 Å². The molecule has 0 radical (unpaired) electrons. The number of nitrogens with one attached hydrogen (secondary N) is 1. The summed E-state index contributed by atoms with van der Waals surface area (Å²) in [6, 6.07) is 12.5. The largest absolute Gasteiger partial charge is 0.493 e. The van der Waals surface area contributed by atoms with Crippen LogP contribution in [0.15, 0.2) is 36.4 Å². The van der Waals surface area contributed by atoms with Crippen LogP contribution in [0.2, 0.25) is 5.02 Å². The first-order chi connectivity index (χ1) is 11.8. The summed E-state index contributed by atoms with van der Waals surface area (Å²) in [5, 5.41) is 12.3. The number of anilines is 1. The zero-order valence-corrected chi connectivity index (χ0v) is 15.3. The second-order valence-electron chi connectivity index (χ2n) is 5.96. The highest BCUT2D eigenvalue weighted by molar-refractivity contribution is 6.32. The molecule has 0 saturated heterocycles. The molecule has 0 spiro atoms. The van der Waals surface area contributed by atoms with E-state index in [1.165, 1.54) is 20.3 Å². The fraction of sp³-hybridized carbons (Fsp3) is 0.263. The Hall–Kier alpha value is -2.71. The number of halogens is 1. The second kappa shape index (κ2) is 7.45. The Labute approximate surface area is 152 Å². The predicted molar refractivity (Wildman–Crippen MR) is 97.6 cm³/mol. The monoisotopic (exact) mass is 358 g/mol. The third-order valence-corrected chi connectivity index (χ3v) is 4.12. The minimum atomic E-state index is -0.584. The van der Waals surface area contributed by atoms with Crippen molar-refractivity contribution in [2.24, 2.45) is 0 Å². The number of methoxy groups -OCH3 is 2. The average Bonchev–Trinajstić information content (AvgIpc) is 2.61. The van der Waals surface area contributed by atoms with Gasteiger partial charge in [0.15, 0.2) is 11.5 Å². The summed E-state index contributed by atoms with van der Waals surface area (Å²) < 4.78 is 10.4. The van der Waals surface area contributed by atoms with Gasteiger partial charge in [-0.15, -0.1) is 0 Å². The normalized spacial score (nSPS) is 10.7. The Bertz CT molecular complexity index is 824. The van der Waals surface area contributed by atoms with Crippen molar-refractivity contribution in [3.8, 4) is 17.6 Å². The molecular weight excluding hydrogens is 340 g/mol. The van der Waals surface area contributed by atoms with E-state index in [-0.39, 0.29) is 10.9 Å². The summed E-state index contributed by atoms with van der Waals surface area (Å²) in [7, 11) is 2.96. The lowest BCUT2D eigenvalue weighted by molar-refractivity contribution is 0.102. The minimum absolute atomic E-state index is 0.290. The molecular formula is C19H19ClN2O3. The Kier molecular flexibility index (Phi) is 5.55. The lowest BCUT2D eigenvalue weighted by Gasteiger charge is -2.16. The molecule has 0 bridgehead atoms. The summed E-state index contributed by atoms with van der Waals surface area (Å²) in [6.07, 6.45) is 0. The molecule has 5 nitrogen and oxygen atoms in total. The van der Waals surface area contributed by atoms with Crippen LogP contribution < -0.4 is 14.8 Å². The number of hydrogen-bond acceptors (Lipinski definition) is 4. The predicted octanol–water partition coefficient (Wildman–Crippen LogP) is 4.41. The lowest BCUT2D eigenvalue weighted by atomic mass is 9.86. The van der Waals surface area contributed by atoms with Crippen LogP contribution in [0.5, 0.6) is 11.5 Å². The maximum Gasteiger partial charge on any atom is 0.255 e. The van der Waals surface area contributed by atoms with E-state index in [2.05, 4.69) is 11.4 Å². The van der Waals surface area contributed by atoms with Gasteiger partial charge in [0.25, 0.3) is 5.91 Å². The van der Waals surface area contributed by atoms with Gasteiger partial charge in [-0.25, -0.2) is 0 Å².